The molecule has 0 aliphatic carbocycles. The summed E-state index contributed by atoms with van der Waals surface area (Å²) in [6.07, 6.45) is 0.807. The number of nitrogens with one attached hydrogen (secondary N) is 2. The van der Waals surface area contributed by atoms with Crippen molar-refractivity contribution in [1.29, 1.82) is 0 Å². The largest absolute Gasteiger partial charge is 0.338 e. The first-order valence-electron chi connectivity index (χ1n) is 9.50. The number of thioether (sulfide) groups is 1. The van der Waals surface area contributed by atoms with Gasteiger partial charge in [0, 0.05) is 23.1 Å². The van der Waals surface area contributed by atoms with E-state index in [0.717, 1.165) is 22.3 Å². The van der Waals surface area contributed by atoms with Crippen molar-refractivity contribution in [2.75, 3.05) is 12.3 Å². The van der Waals surface area contributed by atoms with Gasteiger partial charge in [-0.15, -0.1) is 10.2 Å². The summed E-state index contributed by atoms with van der Waals surface area (Å²) >= 11 is 4.71. The Morgan fingerprint density at radius 1 is 1.07 bits per heavy atom. The minimum atomic E-state index is -0.496. The third-order valence-electron chi connectivity index (χ3n) is 4.21. The predicted molar refractivity (Wildman–Crippen MR) is 121 cm³/mol. The van der Waals surface area contributed by atoms with Crippen LogP contribution in [0.5, 0.6) is 0 Å². The fourth-order valence-electron chi connectivity index (χ4n) is 2.79. The molecule has 3 aromatic rings. The fourth-order valence-corrected chi connectivity index (χ4v) is 3.82. The first-order chi connectivity index (χ1) is 14.6. The van der Waals surface area contributed by atoms with Gasteiger partial charge in [-0.25, -0.2) is 4.79 Å². The molecule has 0 bridgehead atoms. The molecule has 3 rings (SSSR count). The van der Waals surface area contributed by atoms with Crippen molar-refractivity contribution in [3.8, 4) is 11.4 Å². The lowest BCUT2D eigenvalue weighted by Crippen LogP contribution is -2.40. The third-order valence-corrected chi connectivity index (χ3v) is 5.70. The SMILES string of the molecule is CCNC(=O)NC(=O)CSc1nnc(-c2ccc(Br)cc2)n1CCc1ccccc1. The predicted octanol–water partition coefficient (Wildman–Crippen LogP) is 3.89. The highest BCUT2D eigenvalue weighted by atomic mass is 79.9. The van der Waals surface area contributed by atoms with E-state index in [9.17, 15) is 9.59 Å². The summed E-state index contributed by atoms with van der Waals surface area (Å²) < 4.78 is 3.00. The highest BCUT2D eigenvalue weighted by Gasteiger charge is 2.16. The zero-order valence-electron chi connectivity index (χ0n) is 16.5. The van der Waals surface area contributed by atoms with Gasteiger partial charge in [0.1, 0.15) is 0 Å². The number of nitrogens with zero attached hydrogens (tertiary/aromatic N) is 3. The Hall–Kier alpha value is -2.65. The Morgan fingerprint density at radius 3 is 2.50 bits per heavy atom. The maximum Gasteiger partial charge on any atom is 0.321 e. The standard InChI is InChI=1S/C21H22BrN5O2S/c1-2-23-20(29)24-18(28)14-30-21-26-25-19(16-8-10-17(22)11-9-16)27(21)13-12-15-6-4-3-5-7-15/h3-11H,2,12-14H2,1H3,(H2,23,24,28,29). The highest BCUT2D eigenvalue weighted by Crippen LogP contribution is 2.25. The average Bonchev–Trinajstić information content (AvgIpc) is 3.15. The Kier molecular flexibility index (Phi) is 8.04. The number of hydrogen-bond donors (Lipinski definition) is 2. The Morgan fingerprint density at radius 2 is 1.80 bits per heavy atom. The molecule has 1 aromatic heterocycles. The maximum atomic E-state index is 12.1. The summed E-state index contributed by atoms with van der Waals surface area (Å²) in [4.78, 5) is 23.6. The molecule has 156 valence electrons. The third kappa shape index (κ3) is 6.17. The van der Waals surface area contributed by atoms with Gasteiger partial charge < -0.3 is 9.88 Å². The van der Waals surface area contributed by atoms with Gasteiger partial charge in [0.25, 0.3) is 0 Å². The number of aryl methyl sites for hydroxylation is 1. The summed E-state index contributed by atoms with van der Waals surface area (Å²) in [6, 6.07) is 17.5. The molecule has 7 nitrogen and oxygen atoms in total. The number of rotatable bonds is 8. The van der Waals surface area contributed by atoms with E-state index in [1.165, 1.54) is 17.3 Å². The van der Waals surface area contributed by atoms with E-state index in [1.807, 2.05) is 47.0 Å². The molecule has 30 heavy (non-hydrogen) atoms. The zero-order valence-corrected chi connectivity index (χ0v) is 18.9. The van der Waals surface area contributed by atoms with Crippen LogP contribution in [0.15, 0.2) is 64.2 Å². The lowest BCUT2D eigenvalue weighted by atomic mass is 10.1. The Labute approximate surface area is 187 Å². The number of amides is 3. The molecule has 0 saturated heterocycles. The molecule has 1 heterocycles. The van der Waals surface area contributed by atoms with E-state index < -0.39 is 6.03 Å². The minimum Gasteiger partial charge on any atom is -0.338 e. The number of benzene rings is 2. The fraction of sp³-hybridized carbons (Fsp3) is 0.238. The molecule has 2 N–H and O–H groups in total. The van der Waals surface area contributed by atoms with Gasteiger partial charge in [0.15, 0.2) is 11.0 Å². The van der Waals surface area contributed by atoms with Crippen molar-refractivity contribution in [3.05, 3.63) is 64.6 Å². The minimum absolute atomic E-state index is 0.0704. The number of hydrogen-bond acceptors (Lipinski definition) is 5. The highest BCUT2D eigenvalue weighted by molar-refractivity contribution is 9.10. The summed E-state index contributed by atoms with van der Waals surface area (Å²) in [6.45, 7) is 2.91. The second-order valence-corrected chi connectivity index (χ2v) is 8.25. The van der Waals surface area contributed by atoms with Gasteiger partial charge in [-0.1, -0.05) is 70.2 Å². The van der Waals surface area contributed by atoms with Crippen LogP contribution in [-0.2, 0) is 17.8 Å². The maximum absolute atomic E-state index is 12.1. The monoisotopic (exact) mass is 487 g/mol. The van der Waals surface area contributed by atoms with E-state index in [0.29, 0.717) is 18.2 Å². The van der Waals surface area contributed by atoms with Crippen molar-refractivity contribution >= 4 is 39.6 Å². The van der Waals surface area contributed by atoms with Gasteiger partial charge in [-0.2, -0.15) is 0 Å². The molecule has 9 heteroatoms. The van der Waals surface area contributed by atoms with Crippen LogP contribution in [0.4, 0.5) is 4.79 Å². The van der Waals surface area contributed by atoms with E-state index in [-0.39, 0.29) is 11.7 Å². The lowest BCUT2D eigenvalue weighted by molar-refractivity contribution is -0.117. The summed E-state index contributed by atoms with van der Waals surface area (Å²) in [5.74, 6) is 0.430. The second kappa shape index (κ2) is 10.9. The molecule has 0 fully saturated rings. The van der Waals surface area contributed by atoms with E-state index in [2.05, 4.69) is 48.9 Å². The molecule has 0 aliphatic heterocycles. The first kappa shape index (κ1) is 22.0. The molecule has 3 amide bonds. The molecule has 0 saturated carbocycles. The normalized spacial score (nSPS) is 10.6. The number of halogens is 1. The van der Waals surface area contributed by atoms with Gasteiger partial charge in [-0.3, -0.25) is 10.1 Å². The second-order valence-electron chi connectivity index (χ2n) is 6.40. The van der Waals surface area contributed by atoms with Crippen LogP contribution in [0.2, 0.25) is 0 Å². The van der Waals surface area contributed by atoms with Crippen molar-refractivity contribution in [2.45, 2.75) is 25.0 Å². The van der Waals surface area contributed by atoms with Crippen LogP contribution in [0.1, 0.15) is 12.5 Å². The van der Waals surface area contributed by atoms with Gasteiger partial charge >= 0.3 is 6.03 Å². The number of aromatic nitrogens is 3. The van der Waals surface area contributed by atoms with Crippen molar-refractivity contribution < 1.29 is 9.59 Å². The van der Waals surface area contributed by atoms with Crippen molar-refractivity contribution in [2.24, 2.45) is 0 Å². The van der Waals surface area contributed by atoms with Crippen LogP contribution < -0.4 is 10.6 Å². The summed E-state index contributed by atoms with van der Waals surface area (Å²) in [7, 11) is 0. The topological polar surface area (TPSA) is 88.9 Å². The van der Waals surface area contributed by atoms with E-state index in [4.69, 9.17) is 0 Å². The molecular formula is C21H22BrN5O2S. The molecule has 0 unspecified atom stereocenters. The Balaban J connectivity index is 1.77. The van der Waals surface area contributed by atoms with Crippen LogP contribution in [-0.4, -0.2) is 39.0 Å². The van der Waals surface area contributed by atoms with Gasteiger partial charge in [0.05, 0.1) is 5.75 Å². The van der Waals surface area contributed by atoms with Crippen molar-refractivity contribution in [3.63, 3.8) is 0 Å². The van der Waals surface area contributed by atoms with Gasteiger partial charge in [-0.05, 0) is 31.0 Å². The van der Waals surface area contributed by atoms with Crippen LogP contribution in [0, 0.1) is 0 Å². The number of imide groups is 1. The number of urea groups is 1. The molecule has 0 atom stereocenters. The average molecular weight is 488 g/mol. The van der Waals surface area contributed by atoms with Gasteiger partial charge in [0.2, 0.25) is 5.91 Å². The van der Waals surface area contributed by atoms with E-state index in [1.54, 1.807) is 6.92 Å². The molecule has 2 aromatic carbocycles. The number of carbonyl (C=O) groups is 2. The Bertz CT molecular complexity index is 992. The van der Waals surface area contributed by atoms with Crippen LogP contribution >= 0.6 is 27.7 Å². The smallest absolute Gasteiger partial charge is 0.321 e. The molecule has 0 radical (unpaired) electrons. The lowest BCUT2D eigenvalue weighted by Gasteiger charge is -2.11. The molecule has 0 aliphatic rings. The van der Waals surface area contributed by atoms with Crippen molar-refractivity contribution in [1.82, 2.24) is 25.4 Å². The number of carbonyl (C=O) groups excluding carboxylic acids is 2. The molecule has 0 spiro atoms. The molecular weight excluding hydrogens is 466 g/mol. The van der Waals surface area contributed by atoms with Crippen LogP contribution in [0.25, 0.3) is 11.4 Å². The zero-order chi connectivity index (χ0) is 21.3. The van der Waals surface area contributed by atoms with Crippen LogP contribution in [0.3, 0.4) is 0 Å². The van der Waals surface area contributed by atoms with E-state index >= 15 is 0 Å². The summed E-state index contributed by atoms with van der Waals surface area (Å²) in [5, 5.41) is 14.1. The first-order valence-corrected chi connectivity index (χ1v) is 11.3. The quantitative estimate of drug-likeness (QED) is 0.470. The summed E-state index contributed by atoms with van der Waals surface area (Å²) in [5.41, 5.74) is 2.15.